The van der Waals surface area contributed by atoms with Crippen LogP contribution in [0.15, 0.2) is 70.1 Å². The molecule has 5 rings (SSSR count). The number of rotatable bonds is 5. The number of hydrogen-bond acceptors (Lipinski definition) is 6. The van der Waals surface area contributed by atoms with Gasteiger partial charge in [0.15, 0.2) is 5.16 Å². The smallest absolute Gasteiger partial charge is 0.267 e. The Morgan fingerprint density at radius 1 is 1.13 bits per heavy atom. The molecule has 9 heteroatoms. The summed E-state index contributed by atoms with van der Waals surface area (Å²) in [5, 5.41) is 10.3. The van der Waals surface area contributed by atoms with E-state index >= 15 is 0 Å². The van der Waals surface area contributed by atoms with Crippen molar-refractivity contribution in [2.45, 2.75) is 24.7 Å². The molecule has 1 atom stereocenters. The molecule has 3 aromatic heterocycles. The summed E-state index contributed by atoms with van der Waals surface area (Å²) in [6.07, 6.45) is 2.01. The number of thioether (sulfide) groups is 1. The number of aryl methyl sites for hydroxylation is 1. The Bertz CT molecular complexity index is 1290. The summed E-state index contributed by atoms with van der Waals surface area (Å²) in [6.45, 7) is 2.61. The Hall–Kier alpha value is -3.17. The van der Waals surface area contributed by atoms with E-state index in [2.05, 4.69) is 15.0 Å². The average Bonchev–Trinajstić information content (AvgIpc) is 3.52. The number of para-hydroxylation sites is 1. The summed E-state index contributed by atoms with van der Waals surface area (Å²) in [4.78, 5) is 31.1. The number of imidazole rings is 1. The van der Waals surface area contributed by atoms with Gasteiger partial charge in [-0.3, -0.25) is 9.59 Å². The number of nitrogens with one attached hydrogen (secondary N) is 1. The van der Waals surface area contributed by atoms with Gasteiger partial charge in [0.1, 0.15) is 11.7 Å². The zero-order valence-electron chi connectivity index (χ0n) is 16.7. The summed E-state index contributed by atoms with van der Waals surface area (Å²) >= 11 is 3.26. The van der Waals surface area contributed by atoms with Crippen molar-refractivity contribution >= 4 is 34.7 Å². The topological polar surface area (TPSA) is 81.8 Å². The van der Waals surface area contributed by atoms with Crippen LogP contribution in [-0.4, -0.2) is 31.0 Å². The lowest BCUT2D eigenvalue weighted by Crippen LogP contribution is -2.33. The highest BCUT2D eigenvalue weighted by Crippen LogP contribution is 2.32. The van der Waals surface area contributed by atoms with Gasteiger partial charge in [0.05, 0.1) is 16.3 Å². The molecule has 4 aromatic rings. The van der Waals surface area contributed by atoms with E-state index in [0.29, 0.717) is 11.4 Å². The summed E-state index contributed by atoms with van der Waals surface area (Å²) in [5.41, 5.74) is 2.67. The van der Waals surface area contributed by atoms with Crippen molar-refractivity contribution < 1.29 is 4.79 Å². The number of benzene rings is 1. The monoisotopic (exact) mass is 449 g/mol. The number of aromatic nitrogens is 4. The number of fused-ring (bicyclic) bond motifs is 1. The Balaban J connectivity index is 1.42. The number of anilines is 1. The minimum absolute atomic E-state index is 0.313. The molecule has 0 radical (unpaired) electrons. The maximum Gasteiger partial charge on any atom is 0.267 e. The van der Waals surface area contributed by atoms with Crippen LogP contribution in [0.1, 0.15) is 13.0 Å². The van der Waals surface area contributed by atoms with Crippen LogP contribution in [0, 0.1) is 0 Å². The third-order valence-corrected chi connectivity index (χ3v) is 6.97. The molecule has 0 spiro atoms. The largest absolute Gasteiger partial charge is 0.325 e. The molecule has 0 saturated carbocycles. The van der Waals surface area contributed by atoms with E-state index in [-0.39, 0.29) is 11.5 Å². The molecule has 1 N–H and O–H groups in total. The first-order valence-corrected chi connectivity index (χ1v) is 11.7. The maximum atomic E-state index is 13.0. The lowest BCUT2D eigenvalue weighted by atomic mass is 10.1. The first-order valence-electron chi connectivity index (χ1n) is 9.84. The van der Waals surface area contributed by atoms with E-state index in [4.69, 9.17) is 4.98 Å². The fraction of sp³-hybridized carbons (Fsp3) is 0.182. The van der Waals surface area contributed by atoms with Gasteiger partial charge in [0.2, 0.25) is 5.91 Å². The van der Waals surface area contributed by atoms with Crippen molar-refractivity contribution in [1.82, 2.24) is 19.3 Å². The quantitative estimate of drug-likeness (QED) is 0.495. The van der Waals surface area contributed by atoms with Crippen molar-refractivity contribution in [3.05, 3.63) is 70.5 Å². The van der Waals surface area contributed by atoms with Crippen LogP contribution in [0.3, 0.4) is 0 Å². The number of carbonyl (C=O) groups is 1. The Morgan fingerprint density at radius 2 is 2.00 bits per heavy atom. The fourth-order valence-corrected chi connectivity index (χ4v) is 5.10. The van der Waals surface area contributed by atoms with Crippen molar-refractivity contribution in [2.24, 2.45) is 0 Å². The minimum Gasteiger partial charge on any atom is -0.325 e. The van der Waals surface area contributed by atoms with Gasteiger partial charge >= 0.3 is 0 Å². The molecule has 4 heterocycles. The van der Waals surface area contributed by atoms with Crippen LogP contribution in [0.5, 0.6) is 0 Å². The zero-order valence-corrected chi connectivity index (χ0v) is 18.3. The molecule has 0 saturated heterocycles. The minimum atomic E-state index is -0.775. The molecule has 1 aliphatic rings. The fourth-order valence-electron chi connectivity index (χ4n) is 3.46. The average molecular weight is 450 g/mol. The van der Waals surface area contributed by atoms with Crippen molar-refractivity contribution in [2.75, 3.05) is 11.1 Å². The van der Waals surface area contributed by atoms with Gasteiger partial charge < -0.3 is 9.88 Å². The molecule has 0 fully saturated rings. The lowest BCUT2D eigenvalue weighted by Gasteiger charge is -2.16. The molecule has 0 bridgehead atoms. The first-order chi connectivity index (χ1) is 15.1. The Labute approximate surface area is 186 Å². The number of hydrogen-bond donors (Lipinski definition) is 1. The van der Waals surface area contributed by atoms with Crippen LogP contribution in [-0.2, 0) is 11.3 Å². The summed E-state index contributed by atoms with van der Waals surface area (Å²) in [7, 11) is 0. The van der Waals surface area contributed by atoms with Gasteiger partial charge in [0, 0.05) is 30.1 Å². The van der Waals surface area contributed by atoms with Gasteiger partial charge in [-0.25, -0.2) is 9.67 Å². The standard InChI is InChI=1S/C22H19N5O2S2/c1-14(27-20(28)9-8-17(25-27)19-7-4-11-30-19)21(29)23-16-6-3-2-5-15(16)18-13-26-10-12-31-22(26)24-18/h2-9,11,13-14H,10,12H2,1H3,(H,23,29)/t14-/m1/s1. The van der Waals surface area contributed by atoms with E-state index in [1.54, 1.807) is 24.8 Å². The van der Waals surface area contributed by atoms with Crippen LogP contribution in [0.2, 0.25) is 0 Å². The molecule has 156 valence electrons. The van der Waals surface area contributed by atoms with E-state index in [1.165, 1.54) is 22.1 Å². The predicted octanol–water partition coefficient (Wildman–Crippen LogP) is 4.14. The third kappa shape index (κ3) is 3.82. The van der Waals surface area contributed by atoms with Crippen LogP contribution < -0.4 is 10.9 Å². The SMILES string of the molecule is C[C@H](C(=O)Nc1ccccc1-c1cn2c(n1)SCC2)n1nc(-c2cccs2)ccc1=O. The normalized spacial score (nSPS) is 13.7. The second kappa shape index (κ2) is 8.16. The van der Waals surface area contributed by atoms with Crippen molar-refractivity contribution in [3.63, 3.8) is 0 Å². The van der Waals surface area contributed by atoms with Crippen molar-refractivity contribution in [3.8, 4) is 21.8 Å². The third-order valence-electron chi connectivity index (χ3n) is 5.11. The van der Waals surface area contributed by atoms with Gasteiger partial charge in [-0.2, -0.15) is 5.10 Å². The molecule has 0 aliphatic carbocycles. The number of carbonyl (C=O) groups excluding carboxylic acids is 1. The maximum absolute atomic E-state index is 13.0. The second-order valence-corrected chi connectivity index (χ2v) is 9.15. The second-order valence-electron chi connectivity index (χ2n) is 7.14. The van der Waals surface area contributed by atoms with Crippen LogP contribution in [0.25, 0.3) is 21.8 Å². The summed E-state index contributed by atoms with van der Waals surface area (Å²) in [5.74, 6) is 0.719. The molecule has 0 unspecified atom stereocenters. The Kier molecular flexibility index (Phi) is 5.21. The number of thiophene rings is 1. The zero-order chi connectivity index (χ0) is 21.4. The molecular weight excluding hydrogens is 430 g/mol. The van der Waals surface area contributed by atoms with Gasteiger partial charge in [0.25, 0.3) is 5.56 Å². The molecule has 1 aliphatic heterocycles. The predicted molar refractivity (Wildman–Crippen MR) is 124 cm³/mol. The Morgan fingerprint density at radius 3 is 2.81 bits per heavy atom. The van der Waals surface area contributed by atoms with Crippen LogP contribution in [0.4, 0.5) is 5.69 Å². The highest BCUT2D eigenvalue weighted by molar-refractivity contribution is 7.99. The highest BCUT2D eigenvalue weighted by atomic mass is 32.2. The van der Waals surface area contributed by atoms with E-state index < -0.39 is 6.04 Å². The van der Waals surface area contributed by atoms with Gasteiger partial charge in [-0.15, -0.1) is 11.3 Å². The summed E-state index contributed by atoms with van der Waals surface area (Å²) < 4.78 is 3.36. The van der Waals surface area contributed by atoms with E-state index in [9.17, 15) is 9.59 Å². The lowest BCUT2D eigenvalue weighted by molar-refractivity contribution is -0.119. The molecule has 1 amide bonds. The highest BCUT2D eigenvalue weighted by Gasteiger charge is 2.21. The first kappa shape index (κ1) is 19.8. The number of nitrogens with zero attached hydrogens (tertiary/aromatic N) is 4. The van der Waals surface area contributed by atoms with Gasteiger partial charge in [-0.05, 0) is 30.5 Å². The van der Waals surface area contributed by atoms with Crippen molar-refractivity contribution in [1.29, 1.82) is 0 Å². The molecule has 1 aromatic carbocycles. The molecule has 31 heavy (non-hydrogen) atoms. The van der Waals surface area contributed by atoms with Crippen LogP contribution >= 0.6 is 23.1 Å². The molecule has 7 nitrogen and oxygen atoms in total. The van der Waals surface area contributed by atoms with Gasteiger partial charge in [-0.1, -0.05) is 36.0 Å². The summed E-state index contributed by atoms with van der Waals surface area (Å²) in [6, 6.07) is 13.8. The van der Waals surface area contributed by atoms with E-state index in [1.807, 2.05) is 48.0 Å². The molecular formula is C22H19N5O2S2. The van der Waals surface area contributed by atoms with E-state index in [0.717, 1.165) is 33.6 Å². The number of amides is 1.